The summed E-state index contributed by atoms with van der Waals surface area (Å²) in [5.41, 5.74) is 2.40. The monoisotopic (exact) mass is 565 g/mol. The summed E-state index contributed by atoms with van der Waals surface area (Å²) in [6.45, 7) is 0. The fourth-order valence-corrected chi connectivity index (χ4v) is 8.16. The van der Waals surface area contributed by atoms with Gasteiger partial charge in [-0.2, -0.15) is 0 Å². The number of rotatable bonds is 4. The van der Waals surface area contributed by atoms with Crippen molar-refractivity contribution in [3.63, 3.8) is 0 Å². The van der Waals surface area contributed by atoms with Crippen molar-refractivity contribution in [1.82, 2.24) is 4.72 Å². The van der Waals surface area contributed by atoms with Gasteiger partial charge in [0.25, 0.3) is 0 Å². The van der Waals surface area contributed by atoms with Crippen molar-refractivity contribution in [3.05, 3.63) is 54.9 Å². The van der Waals surface area contributed by atoms with E-state index in [1.807, 2.05) is 12.1 Å². The van der Waals surface area contributed by atoms with Crippen LogP contribution in [-0.4, -0.2) is 21.6 Å². The van der Waals surface area contributed by atoms with Crippen molar-refractivity contribution in [2.24, 2.45) is 0 Å². The first-order valence-corrected chi connectivity index (χ1v) is 12.0. The van der Waals surface area contributed by atoms with Gasteiger partial charge in [0.1, 0.15) is 10.6 Å². The van der Waals surface area contributed by atoms with Crippen LogP contribution in [0.1, 0.15) is 24.0 Å². The molecule has 8 heteroatoms. The molecule has 0 saturated carbocycles. The molecule has 0 aliphatic heterocycles. The van der Waals surface area contributed by atoms with Gasteiger partial charge >= 0.3 is 0 Å². The Labute approximate surface area is 179 Å². The second-order valence-electron chi connectivity index (χ2n) is 6.25. The lowest BCUT2D eigenvalue weighted by Crippen LogP contribution is -2.36. The zero-order valence-electron chi connectivity index (χ0n) is 14.1. The minimum absolute atomic E-state index is 0.157. The van der Waals surface area contributed by atoms with Crippen LogP contribution in [0.5, 0.6) is 5.75 Å². The molecule has 0 saturated heterocycles. The lowest BCUT2D eigenvalue weighted by molar-refractivity contribution is 0.414. The fourth-order valence-electron chi connectivity index (χ4n) is 3.23. The van der Waals surface area contributed by atoms with E-state index in [0.717, 1.165) is 35.0 Å². The van der Waals surface area contributed by atoms with Crippen LogP contribution < -0.4 is 9.46 Å². The Kier molecular flexibility index (Phi) is 6.49. The minimum atomic E-state index is -3.67. The molecule has 1 atom stereocenters. The lowest BCUT2D eigenvalue weighted by Gasteiger charge is -2.19. The number of hydrogen-bond donors (Lipinski definition) is 1. The van der Waals surface area contributed by atoms with Crippen LogP contribution in [0.25, 0.3) is 0 Å². The molecular formula is C18H18Br3NO3S. The summed E-state index contributed by atoms with van der Waals surface area (Å²) >= 11 is 10.1. The number of aryl methyl sites for hydroxylation is 1. The standard InChI is InChI=1S/C18H18Br3NO3S/c1-25-15-6-5-11-3-2-4-14(7-12(11)8-15)22-26(23,24)18-16(20)9-13(19)10-17(18)21/h5-6,8-10,14,22H,2-4,7H2,1H3. The highest BCUT2D eigenvalue weighted by molar-refractivity contribution is 9.11. The van der Waals surface area contributed by atoms with E-state index in [4.69, 9.17) is 4.74 Å². The average Bonchev–Trinajstić information content (AvgIpc) is 2.73. The molecule has 0 radical (unpaired) electrons. The topological polar surface area (TPSA) is 55.4 Å². The quantitative estimate of drug-likeness (QED) is 0.516. The molecule has 2 aromatic carbocycles. The van der Waals surface area contributed by atoms with Gasteiger partial charge in [-0.25, -0.2) is 13.1 Å². The van der Waals surface area contributed by atoms with Crippen molar-refractivity contribution in [1.29, 1.82) is 0 Å². The first-order valence-electron chi connectivity index (χ1n) is 8.13. The van der Waals surface area contributed by atoms with E-state index in [9.17, 15) is 8.42 Å². The molecule has 0 heterocycles. The molecule has 3 rings (SSSR count). The molecule has 1 unspecified atom stereocenters. The zero-order valence-corrected chi connectivity index (χ0v) is 19.6. The molecule has 4 nitrogen and oxygen atoms in total. The Hall–Kier alpha value is -0.410. The molecule has 0 fully saturated rings. The van der Waals surface area contributed by atoms with E-state index in [1.165, 1.54) is 5.56 Å². The van der Waals surface area contributed by atoms with Crippen LogP contribution in [0, 0.1) is 0 Å². The Bertz CT molecular complexity index is 908. The summed E-state index contributed by atoms with van der Waals surface area (Å²) < 4.78 is 36.0. The summed E-state index contributed by atoms with van der Waals surface area (Å²) in [5.74, 6) is 0.797. The van der Waals surface area contributed by atoms with E-state index in [-0.39, 0.29) is 10.9 Å². The molecular weight excluding hydrogens is 550 g/mol. The van der Waals surface area contributed by atoms with Gasteiger partial charge in [-0.3, -0.25) is 0 Å². The highest BCUT2D eigenvalue weighted by Gasteiger charge is 2.27. The number of ether oxygens (including phenoxy) is 1. The third kappa shape index (κ3) is 4.52. The van der Waals surface area contributed by atoms with Crippen LogP contribution in [0.2, 0.25) is 0 Å². The molecule has 2 aromatic rings. The number of halogens is 3. The van der Waals surface area contributed by atoms with E-state index < -0.39 is 10.0 Å². The Morgan fingerprint density at radius 2 is 1.77 bits per heavy atom. The zero-order chi connectivity index (χ0) is 18.9. The number of methoxy groups -OCH3 is 1. The Balaban J connectivity index is 1.88. The van der Waals surface area contributed by atoms with Crippen LogP contribution in [-0.2, 0) is 22.9 Å². The molecule has 0 bridgehead atoms. The largest absolute Gasteiger partial charge is 0.497 e. The predicted octanol–water partition coefficient (Wildman–Crippen LogP) is 5.21. The number of fused-ring (bicyclic) bond motifs is 1. The normalized spacial score (nSPS) is 17.5. The Morgan fingerprint density at radius 3 is 2.42 bits per heavy atom. The van der Waals surface area contributed by atoms with E-state index in [2.05, 4.69) is 58.6 Å². The first kappa shape index (κ1) is 20.3. The van der Waals surface area contributed by atoms with Gasteiger partial charge in [-0.1, -0.05) is 22.0 Å². The molecule has 0 amide bonds. The van der Waals surface area contributed by atoms with Crippen LogP contribution >= 0.6 is 47.8 Å². The second kappa shape index (κ2) is 8.31. The highest BCUT2D eigenvalue weighted by Crippen LogP contribution is 2.34. The van der Waals surface area contributed by atoms with Crippen LogP contribution in [0.4, 0.5) is 0 Å². The van der Waals surface area contributed by atoms with E-state index in [1.54, 1.807) is 19.2 Å². The number of hydrogen-bond acceptors (Lipinski definition) is 3. The second-order valence-corrected chi connectivity index (χ2v) is 10.5. The third-order valence-corrected chi connectivity index (χ3v) is 8.29. The molecule has 0 aromatic heterocycles. The van der Waals surface area contributed by atoms with Crippen molar-refractivity contribution < 1.29 is 13.2 Å². The highest BCUT2D eigenvalue weighted by atomic mass is 79.9. The van der Waals surface area contributed by atoms with Gasteiger partial charge < -0.3 is 4.74 Å². The third-order valence-electron chi connectivity index (χ3n) is 4.43. The molecule has 0 spiro atoms. The first-order chi connectivity index (χ1) is 12.3. The summed E-state index contributed by atoms with van der Waals surface area (Å²) in [6, 6.07) is 9.34. The Morgan fingerprint density at radius 1 is 1.08 bits per heavy atom. The van der Waals surface area contributed by atoms with Gasteiger partial charge in [0.2, 0.25) is 10.0 Å². The molecule has 140 valence electrons. The molecule has 26 heavy (non-hydrogen) atoms. The van der Waals surface area contributed by atoms with Gasteiger partial charge in [0, 0.05) is 19.5 Å². The minimum Gasteiger partial charge on any atom is -0.497 e. The maximum Gasteiger partial charge on any atom is 0.243 e. The van der Waals surface area contributed by atoms with Gasteiger partial charge in [0.15, 0.2) is 0 Å². The SMILES string of the molecule is COc1ccc2c(c1)CC(NS(=O)(=O)c1c(Br)cc(Br)cc1Br)CCC2. The number of nitrogens with one attached hydrogen (secondary N) is 1. The molecule has 1 aliphatic rings. The maximum absolute atomic E-state index is 13.0. The van der Waals surface area contributed by atoms with Gasteiger partial charge in [-0.15, -0.1) is 0 Å². The average molecular weight is 568 g/mol. The summed E-state index contributed by atoms with van der Waals surface area (Å²) in [6.07, 6.45) is 3.33. The summed E-state index contributed by atoms with van der Waals surface area (Å²) in [7, 11) is -2.03. The van der Waals surface area contributed by atoms with Gasteiger partial charge in [0.05, 0.1) is 7.11 Å². The van der Waals surface area contributed by atoms with E-state index in [0.29, 0.717) is 15.4 Å². The molecule has 1 N–H and O–H groups in total. The van der Waals surface area contributed by atoms with Crippen molar-refractivity contribution in [2.75, 3.05) is 7.11 Å². The number of benzene rings is 2. The smallest absolute Gasteiger partial charge is 0.243 e. The number of sulfonamides is 1. The maximum atomic E-state index is 13.0. The van der Waals surface area contributed by atoms with Crippen LogP contribution in [0.3, 0.4) is 0 Å². The van der Waals surface area contributed by atoms with Crippen molar-refractivity contribution >= 4 is 57.8 Å². The van der Waals surface area contributed by atoms with Crippen LogP contribution in [0.15, 0.2) is 48.6 Å². The fraction of sp³-hybridized carbons (Fsp3) is 0.333. The molecule has 1 aliphatic carbocycles. The predicted molar refractivity (Wildman–Crippen MR) is 113 cm³/mol. The lowest BCUT2D eigenvalue weighted by atomic mass is 10.0. The summed E-state index contributed by atoms with van der Waals surface area (Å²) in [5, 5.41) is 0. The van der Waals surface area contributed by atoms with Gasteiger partial charge in [-0.05, 0) is 92.9 Å². The van der Waals surface area contributed by atoms with Crippen molar-refractivity contribution in [3.8, 4) is 5.75 Å². The van der Waals surface area contributed by atoms with Crippen molar-refractivity contribution in [2.45, 2.75) is 36.6 Å². The summed E-state index contributed by atoms with van der Waals surface area (Å²) in [4.78, 5) is 0.218. The van der Waals surface area contributed by atoms with E-state index >= 15 is 0 Å².